The van der Waals surface area contributed by atoms with Crippen LogP contribution in [0.3, 0.4) is 0 Å². The van der Waals surface area contributed by atoms with E-state index in [2.05, 4.69) is 9.62 Å². The molecule has 3 rings (SSSR count). The Kier molecular flexibility index (Phi) is 5.86. The summed E-state index contributed by atoms with van der Waals surface area (Å²) in [6.45, 7) is 5.57. The van der Waals surface area contributed by atoms with Crippen LogP contribution in [-0.2, 0) is 14.8 Å². The summed E-state index contributed by atoms with van der Waals surface area (Å²) < 4.78 is 33.9. The van der Waals surface area contributed by atoms with Crippen LogP contribution in [0, 0.1) is 6.92 Å². The van der Waals surface area contributed by atoms with Crippen molar-refractivity contribution >= 4 is 10.0 Å². The molecule has 0 aromatic heterocycles. The van der Waals surface area contributed by atoms with Gasteiger partial charge in [-0.3, -0.25) is 4.90 Å². The summed E-state index contributed by atoms with van der Waals surface area (Å²) >= 11 is 0. The Balaban J connectivity index is 1.82. The lowest BCUT2D eigenvalue weighted by Crippen LogP contribution is -2.43. The summed E-state index contributed by atoms with van der Waals surface area (Å²) in [4.78, 5) is 2.53. The summed E-state index contributed by atoms with van der Waals surface area (Å²) in [6.07, 6.45) is 0. The highest BCUT2D eigenvalue weighted by atomic mass is 32.2. The van der Waals surface area contributed by atoms with Crippen molar-refractivity contribution in [1.29, 1.82) is 0 Å². The normalized spacial score (nSPS) is 17.3. The lowest BCUT2D eigenvalue weighted by molar-refractivity contribution is 0.0345. The second-order valence-electron chi connectivity index (χ2n) is 6.31. The molecular formula is C19H24N2O3S. The number of morpholine rings is 1. The largest absolute Gasteiger partial charge is 0.379 e. The molecule has 0 amide bonds. The van der Waals surface area contributed by atoms with Gasteiger partial charge < -0.3 is 4.74 Å². The Morgan fingerprint density at radius 1 is 1.04 bits per heavy atom. The van der Waals surface area contributed by atoms with Gasteiger partial charge in [0.15, 0.2) is 0 Å². The summed E-state index contributed by atoms with van der Waals surface area (Å²) in [6, 6.07) is 16.3. The van der Waals surface area contributed by atoms with Crippen LogP contribution in [-0.4, -0.2) is 46.2 Å². The summed E-state index contributed by atoms with van der Waals surface area (Å²) in [7, 11) is -3.58. The van der Waals surface area contributed by atoms with E-state index >= 15 is 0 Å². The van der Waals surface area contributed by atoms with E-state index in [1.165, 1.54) is 0 Å². The van der Waals surface area contributed by atoms with Crippen molar-refractivity contribution in [3.05, 3.63) is 65.7 Å². The molecule has 1 saturated heterocycles. The van der Waals surface area contributed by atoms with Crippen molar-refractivity contribution in [2.24, 2.45) is 0 Å². The highest BCUT2D eigenvalue weighted by Crippen LogP contribution is 2.19. The molecule has 0 radical (unpaired) electrons. The Morgan fingerprint density at radius 3 is 2.32 bits per heavy atom. The molecule has 1 aliphatic rings. The smallest absolute Gasteiger partial charge is 0.241 e. The van der Waals surface area contributed by atoms with Crippen LogP contribution in [0.4, 0.5) is 0 Å². The van der Waals surface area contributed by atoms with Gasteiger partial charge in [0.25, 0.3) is 0 Å². The molecule has 2 aromatic rings. The predicted octanol–water partition coefficient (Wildman–Crippen LogP) is 2.35. The highest BCUT2D eigenvalue weighted by Gasteiger charge is 2.24. The van der Waals surface area contributed by atoms with E-state index in [1.54, 1.807) is 12.1 Å². The van der Waals surface area contributed by atoms with Crippen LogP contribution in [0.5, 0.6) is 0 Å². The molecule has 0 bridgehead atoms. The lowest BCUT2D eigenvalue weighted by atomic mass is 10.1. The number of benzene rings is 2. The minimum atomic E-state index is -3.58. The molecule has 2 aromatic carbocycles. The number of hydrogen-bond acceptors (Lipinski definition) is 4. The van der Waals surface area contributed by atoms with Crippen molar-refractivity contribution in [1.82, 2.24) is 9.62 Å². The molecule has 0 spiro atoms. The van der Waals surface area contributed by atoms with E-state index in [9.17, 15) is 8.42 Å². The molecule has 0 unspecified atom stereocenters. The molecule has 1 atom stereocenters. The fourth-order valence-corrected chi connectivity index (χ4v) is 4.13. The summed E-state index contributed by atoms with van der Waals surface area (Å²) in [5.74, 6) is 0. The fourth-order valence-electron chi connectivity index (χ4n) is 2.91. The van der Waals surface area contributed by atoms with Crippen molar-refractivity contribution in [3.63, 3.8) is 0 Å². The standard InChI is InChI=1S/C19H24N2O3S/c1-16-7-9-18(10-8-16)25(22,23)20-19(17-5-3-2-4-6-17)15-21-11-13-24-14-12-21/h2-10,19-20H,11-15H2,1H3/t19-/m1/s1. The molecular weight excluding hydrogens is 336 g/mol. The average molecular weight is 360 g/mol. The summed E-state index contributed by atoms with van der Waals surface area (Å²) in [5.41, 5.74) is 2.00. The number of sulfonamides is 1. The van der Waals surface area contributed by atoms with E-state index in [4.69, 9.17) is 4.74 Å². The van der Waals surface area contributed by atoms with Gasteiger partial charge in [-0.15, -0.1) is 0 Å². The van der Waals surface area contributed by atoms with Gasteiger partial charge in [-0.05, 0) is 24.6 Å². The third kappa shape index (κ3) is 4.89. The second kappa shape index (κ2) is 8.10. The Labute approximate surface area is 149 Å². The van der Waals surface area contributed by atoms with Crippen LogP contribution in [0.15, 0.2) is 59.5 Å². The molecule has 0 aliphatic carbocycles. The minimum absolute atomic E-state index is 0.293. The minimum Gasteiger partial charge on any atom is -0.379 e. The van der Waals surface area contributed by atoms with Crippen molar-refractivity contribution < 1.29 is 13.2 Å². The fraction of sp³-hybridized carbons (Fsp3) is 0.368. The van der Waals surface area contributed by atoms with Gasteiger partial charge >= 0.3 is 0 Å². The number of nitrogens with zero attached hydrogens (tertiary/aromatic N) is 1. The van der Waals surface area contributed by atoms with Gasteiger partial charge in [0, 0.05) is 19.6 Å². The van der Waals surface area contributed by atoms with Crippen LogP contribution in [0.2, 0.25) is 0 Å². The SMILES string of the molecule is Cc1ccc(S(=O)(=O)N[C@H](CN2CCOCC2)c2ccccc2)cc1. The van der Waals surface area contributed by atoms with Crippen LogP contribution < -0.4 is 4.72 Å². The maximum absolute atomic E-state index is 12.8. The van der Waals surface area contributed by atoms with Crippen LogP contribution >= 0.6 is 0 Å². The number of aryl methyl sites for hydroxylation is 1. The monoisotopic (exact) mass is 360 g/mol. The maximum Gasteiger partial charge on any atom is 0.241 e. The third-order valence-corrected chi connectivity index (χ3v) is 5.86. The van der Waals surface area contributed by atoms with Crippen LogP contribution in [0.1, 0.15) is 17.2 Å². The molecule has 134 valence electrons. The van der Waals surface area contributed by atoms with E-state index < -0.39 is 10.0 Å². The summed E-state index contributed by atoms with van der Waals surface area (Å²) in [5, 5.41) is 0. The number of rotatable bonds is 6. The first-order valence-electron chi connectivity index (χ1n) is 8.49. The molecule has 1 heterocycles. The third-order valence-electron chi connectivity index (χ3n) is 4.38. The molecule has 25 heavy (non-hydrogen) atoms. The second-order valence-corrected chi connectivity index (χ2v) is 8.02. The molecule has 1 N–H and O–H groups in total. The molecule has 1 aliphatic heterocycles. The molecule has 1 fully saturated rings. The molecule has 6 heteroatoms. The zero-order valence-corrected chi connectivity index (χ0v) is 15.2. The van der Waals surface area contributed by atoms with Crippen molar-refractivity contribution in [2.75, 3.05) is 32.8 Å². The van der Waals surface area contributed by atoms with Crippen molar-refractivity contribution in [2.45, 2.75) is 17.9 Å². The first kappa shape index (κ1) is 18.1. The van der Waals surface area contributed by atoms with Gasteiger partial charge in [0.05, 0.1) is 24.2 Å². The van der Waals surface area contributed by atoms with Gasteiger partial charge in [-0.25, -0.2) is 13.1 Å². The number of ether oxygens (including phenoxy) is 1. The topological polar surface area (TPSA) is 58.6 Å². The van der Waals surface area contributed by atoms with Crippen molar-refractivity contribution in [3.8, 4) is 0 Å². The Hall–Kier alpha value is -1.73. The highest BCUT2D eigenvalue weighted by molar-refractivity contribution is 7.89. The van der Waals surface area contributed by atoms with E-state index in [1.807, 2.05) is 49.4 Å². The Morgan fingerprint density at radius 2 is 1.68 bits per heavy atom. The quantitative estimate of drug-likeness (QED) is 0.859. The molecule has 5 nitrogen and oxygen atoms in total. The zero-order valence-electron chi connectivity index (χ0n) is 14.4. The lowest BCUT2D eigenvalue weighted by Gasteiger charge is -2.31. The van der Waals surface area contributed by atoms with E-state index in [0.717, 1.165) is 24.2 Å². The van der Waals surface area contributed by atoms with Gasteiger partial charge in [0.1, 0.15) is 0 Å². The zero-order chi connectivity index (χ0) is 17.7. The maximum atomic E-state index is 12.8. The van der Waals surface area contributed by atoms with Gasteiger partial charge in [0.2, 0.25) is 10.0 Å². The van der Waals surface area contributed by atoms with Gasteiger partial charge in [-0.1, -0.05) is 48.0 Å². The van der Waals surface area contributed by atoms with E-state index in [-0.39, 0.29) is 6.04 Å². The van der Waals surface area contributed by atoms with Crippen LogP contribution in [0.25, 0.3) is 0 Å². The Bertz CT molecular complexity index is 770. The first-order chi connectivity index (χ1) is 12.0. The first-order valence-corrected chi connectivity index (χ1v) is 9.97. The van der Waals surface area contributed by atoms with E-state index in [0.29, 0.717) is 24.7 Å². The number of nitrogens with one attached hydrogen (secondary N) is 1. The predicted molar refractivity (Wildman–Crippen MR) is 97.9 cm³/mol. The van der Waals surface area contributed by atoms with Gasteiger partial charge in [-0.2, -0.15) is 0 Å². The average Bonchev–Trinajstić information content (AvgIpc) is 2.63. The number of hydrogen-bond donors (Lipinski definition) is 1. The molecule has 0 saturated carbocycles.